The van der Waals surface area contributed by atoms with Crippen molar-refractivity contribution in [2.24, 2.45) is 0 Å². The Balaban J connectivity index is 0.00000253. The van der Waals surface area contributed by atoms with Crippen LogP contribution < -0.4 is 0 Å². The van der Waals surface area contributed by atoms with Crippen LogP contribution in [0.15, 0.2) is 67.0 Å². The lowest BCUT2D eigenvalue weighted by Crippen LogP contribution is -2.57. The first-order valence-corrected chi connectivity index (χ1v) is 14.4. The Morgan fingerprint density at radius 2 is 1.53 bits per heavy atom. The van der Waals surface area contributed by atoms with E-state index in [1.165, 1.54) is 0 Å². The largest absolute Gasteiger partial charge is 0.416 e. The van der Waals surface area contributed by atoms with Gasteiger partial charge in [-0.15, -0.1) is 24.8 Å². The smallest absolute Gasteiger partial charge is 0.373 e. The molecule has 12 heteroatoms. The van der Waals surface area contributed by atoms with Crippen LogP contribution in [-0.2, 0) is 17.3 Å². The highest BCUT2D eigenvalue weighted by Gasteiger charge is 2.35. The number of benzene rings is 2. The molecule has 3 atom stereocenters. The molecule has 2 aliphatic heterocycles. The average Bonchev–Trinajstić information content (AvgIpc) is 3.47. The summed E-state index contributed by atoms with van der Waals surface area (Å²) < 4.78 is 49.0. The standard InChI is InChI=1S/C31H36ClF3N4O2.2ClH/c1-22-19-37(20-23(2)41-22)12-11-36-13-14-39(29(21-36)15-24-5-7-27(32)8-6-24)30(40)25-16-26(31(33,34)35)18-28(17-25)38-9-3-4-10-38;;/h3-10,16-18,22-23,29H,11-15,19-21H2,1-2H3;2*1H/t22-,23+,29-;;/m1../s1. The average molecular weight is 662 g/mol. The quantitative estimate of drug-likeness (QED) is 0.291. The molecule has 2 aliphatic rings. The Morgan fingerprint density at radius 1 is 0.907 bits per heavy atom. The van der Waals surface area contributed by atoms with Crippen molar-refractivity contribution in [2.75, 3.05) is 45.8 Å². The molecule has 5 rings (SSSR count). The molecular formula is C31H38Cl3F3N4O2. The lowest BCUT2D eigenvalue weighted by Gasteiger charge is -2.43. The number of halogens is 6. The number of rotatable bonds is 7. The number of hydrogen-bond donors (Lipinski definition) is 0. The van der Waals surface area contributed by atoms with Crippen LogP contribution in [0.1, 0.15) is 35.3 Å². The normalized spacial score (nSPS) is 21.6. The molecule has 0 aliphatic carbocycles. The molecule has 2 saturated heterocycles. The molecule has 2 fully saturated rings. The Bertz CT molecular complexity index is 1310. The van der Waals surface area contributed by atoms with E-state index in [4.69, 9.17) is 16.3 Å². The number of ether oxygens (including phenoxy) is 1. The van der Waals surface area contributed by atoms with Crippen LogP contribution in [0.25, 0.3) is 5.69 Å². The highest BCUT2D eigenvalue weighted by atomic mass is 35.5. The minimum atomic E-state index is -4.58. The van der Waals surface area contributed by atoms with E-state index < -0.39 is 11.7 Å². The van der Waals surface area contributed by atoms with Crippen LogP contribution in [0.4, 0.5) is 13.2 Å². The van der Waals surface area contributed by atoms with Gasteiger partial charge in [0.1, 0.15) is 0 Å². The van der Waals surface area contributed by atoms with Gasteiger partial charge < -0.3 is 14.2 Å². The van der Waals surface area contributed by atoms with E-state index in [2.05, 4.69) is 23.6 Å². The molecule has 1 amide bonds. The maximum Gasteiger partial charge on any atom is 0.416 e. The molecule has 0 bridgehead atoms. The number of piperazine rings is 1. The predicted octanol–water partition coefficient (Wildman–Crippen LogP) is 6.47. The van der Waals surface area contributed by atoms with Gasteiger partial charge in [0.25, 0.3) is 5.91 Å². The van der Waals surface area contributed by atoms with Gasteiger partial charge in [0.05, 0.1) is 17.8 Å². The molecule has 0 saturated carbocycles. The molecule has 43 heavy (non-hydrogen) atoms. The number of carbonyl (C=O) groups excluding carboxylic acids is 1. The number of morpholine rings is 1. The van der Waals surface area contributed by atoms with Crippen LogP contribution in [0, 0.1) is 0 Å². The summed E-state index contributed by atoms with van der Waals surface area (Å²) in [7, 11) is 0. The second-order valence-corrected chi connectivity index (χ2v) is 11.6. The third-order valence-electron chi connectivity index (χ3n) is 7.83. The molecule has 3 heterocycles. The Labute approximate surface area is 268 Å². The first-order chi connectivity index (χ1) is 19.5. The van der Waals surface area contributed by atoms with Crippen molar-refractivity contribution in [3.8, 4) is 5.69 Å². The van der Waals surface area contributed by atoms with E-state index in [0.29, 0.717) is 36.8 Å². The highest BCUT2D eigenvalue weighted by Crippen LogP contribution is 2.32. The lowest BCUT2D eigenvalue weighted by atomic mass is 10.00. The summed E-state index contributed by atoms with van der Waals surface area (Å²) in [5.41, 5.74) is 0.519. The fourth-order valence-corrected chi connectivity index (χ4v) is 6.05. The monoisotopic (exact) mass is 660 g/mol. The summed E-state index contributed by atoms with van der Waals surface area (Å²) in [6.07, 6.45) is -0.281. The maximum atomic E-state index is 13.9. The minimum absolute atomic E-state index is 0. The van der Waals surface area contributed by atoms with Crippen molar-refractivity contribution in [3.05, 3.63) is 88.7 Å². The molecular weight excluding hydrogens is 624 g/mol. The van der Waals surface area contributed by atoms with Crippen LogP contribution in [0.5, 0.6) is 0 Å². The van der Waals surface area contributed by atoms with Crippen LogP contribution in [0.3, 0.4) is 0 Å². The first kappa shape index (κ1) is 35.2. The van der Waals surface area contributed by atoms with Crippen molar-refractivity contribution < 1.29 is 22.7 Å². The summed E-state index contributed by atoms with van der Waals surface area (Å²) in [6.45, 7) is 9.41. The molecule has 3 aromatic rings. The summed E-state index contributed by atoms with van der Waals surface area (Å²) in [5, 5.41) is 0.627. The summed E-state index contributed by atoms with van der Waals surface area (Å²) in [5.74, 6) is -0.390. The van der Waals surface area contributed by atoms with Gasteiger partial charge in [0.15, 0.2) is 0 Å². The number of hydrogen-bond acceptors (Lipinski definition) is 4. The molecule has 6 nitrogen and oxygen atoms in total. The molecule has 0 spiro atoms. The van der Waals surface area contributed by atoms with Crippen LogP contribution >= 0.6 is 36.4 Å². The molecule has 2 aromatic carbocycles. The first-order valence-electron chi connectivity index (χ1n) is 14.1. The van der Waals surface area contributed by atoms with Crippen LogP contribution in [0.2, 0.25) is 5.02 Å². The Morgan fingerprint density at radius 3 is 2.16 bits per heavy atom. The van der Waals surface area contributed by atoms with Gasteiger partial charge in [-0.2, -0.15) is 13.2 Å². The fourth-order valence-electron chi connectivity index (χ4n) is 5.93. The minimum Gasteiger partial charge on any atom is -0.373 e. The van der Waals surface area contributed by atoms with Crippen molar-refractivity contribution >= 4 is 42.3 Å². The lowest BCUT2D eigenvalue weighted by molar-refractivity contribution is -0.137. The summed E-state index contributed by atoms with van der Waals surface area (Å²) in [6, 6.07) is 14.4. The summed E-state index contributed by atoms with van der Waals surface area (Å²) in [4.78, 5) is 20.4. The van der Waals surface area contributed by atoms with E-state index >= 15 is 0 Å². The maximum absolute atomic E-state index is 13.9. The SMILES string of the molecule is C[C@@H]1CN(CCN2CCN(C(=O)c3cc(-n4cccc4)cc(C(F)(F)F)c3)[C@H](Cc3ccc(Cl)cc3)C2)C[C@H](C)O1.Cl.Cl. The van der Waals surface area contributed by atoms with Crippen molar-refractivity contribution in [1.29, 1.82) is 0 Å². The van der Waals surface area contributed by atoms with Crippen molar-refractivity contribution in [2.45, 2.75) is 44.7 Å². The third kappa shape index (κ3) is 9.12. The second-order valence-electron chi connectivity index (χ2n) is 11.2. The van der Waals surface area contributed by atoms with E-state index in [-0.39, 0.29) is 54.5 Å². The molecule has 0 radical (unpaired) electrons. The molecule has 1 aromatic heterocycles. The van der Waals surface area contributed by atoms with Gasteiger partial charge in [-0.3, -0.25) is 14.6 Å². The number of amides is 1. The Kier molecular flexibility index (Phi) is 12.4. The van der Waals surface area contributed by atoms with Gasteiger partial charge >= 0.3 is 6.18 Å². The van der Waals surface area contributed by atoms with E-state index in [1.807, 2.05) is 24.3 Å². The van der Waals surface area contributed by atoms with Gasteiger partial charge in [0.2, 0.25) is 0 Å². The van der Waals surface area contributed by atoms with Crippen molar-refractivity contribution in [1.82, 2.24) is 19.3 Å². The van der Waals surface area contributed by atoms with E-state index in [9.17, 15) is 18.0 Å². The topological polar surface area (TPSA) is 41.0 Å². The zero-order valence-electron chi connectivity index (χ0n) is 24.2. The van der Waals surface area contributed by atoms with E-state index in [0.717, 1.165) is 43.9 Å². The fraction of sp³-hybridized carbons (Fsp3) is 0.452. The molecule has 236 valence electrons. The van der Waals surface area contributed by atoms with Crippen molar-refractivity contribution in [3.63, 3.8) is 0 Å². The van der Waals surface area contributed by atoms with Gasteiger partial charge in [-0.05, 0) is 68.3 Å². The zero-order valence-corrected chi connectivity index (χ0v) is 26.6. The number of alkyl halides is 3. The molecule has 0 unspecified atom stereocenters. The highest BCUT2D eigenvalue weighted by molar-refractivity contribution is 6.30. The van der Waals surface area contributed by atoms with Gasteiger partial charge in [-0.25, -0.2) is 0 Å². The number of aromatic nitrogens is 1. The number of nitrogens with zero attached hydrogens (tertiary/aromatic N) is 4. The molecule has 0 N–H and O–H groups in total. The van der Waals surface area contributed by atoms with Gasteiger partial charge in [0, 0.05) is 80.5 Å². The second kappa shape index (κ2) is 15.1. The third-order valence-corrected chi connectivity index (χ3v) is 8.09. The van der Waals surface area contributed by atoms with Gasteiger partial charge in [-0.1, -0.05) is 23.7 Å². The zero-order chi connectivity index (χ0) is 29.1. The van der Waals surface area contributed by atoms with E-state index in [1.54, 1.807) is 40.1 Å². The summed E-state index contributed by atoms with van der Waals surface area (Å²) >= 11 is 6.10. The Hall–Kier alpha value is -2.27. The van der Waals surface area contributed by atoms with Crippen LogP contribution in [-0.4, -0.2) is 89.2 Å². The number of carbonyl (C=O) groups is 1. The predicted molar refractivity (Wildman–Crippen MR) is 168 cm³/mol.